The number of nitrogens with zero attached hydrogens (tertiary/aromatic N) is 3. The maximum atomic E-state index is 11.8. The molecule has 0 bridgehead atoms. The van der Waals surface area contributed by atoms with Gasteiger partial charge in [0.1, 0.15) is 17.7 Å². The van der Waals surface area contributed by atoms with Crippen molar-refractivity contribution in [2.75, 3.05) is 0 Å². The molecule has 1 atom stereocenters. The topological polar surface area (TPSA) is 82.0 Å². The van der Waals surface area contributed by atoms with Gasteiger partial charge in [-0.3, -0.25) is 4.79 Å². The van der Waals surface area contributed by atoms with Crippen molar-refractivity contribution in [3.05, 3.63) is 18.0 Å². The third-order valence-electron chi connectivity index (χ3n) is 3.42. The van der Waals surface area contributed by atoms with Crippen LogP contribution in [0.3, 0.4) is 0 Å². The summed E-state index contributed by atoms with van der Waals surface area (Å²) in [5, 5.41) is 3.87. The fourth-order valence-electron chi connectivity index (χ4n) is 2.39. The quantitative estimate of drug-likeness (QED) is 0.843. The molecule has 100 valence electrons. The van der Waals surface area contributed by atoms with E-state index in [1.54, 1.807) is 6.92 Å². The molecule has 6 heteroatoms. The van der Waals surface area contributed by atoms with Crippen molar-refractivity contribution in [2.24, 2.45) is 5.92 Å². The number of Topliss-reactive ketones (excluding diaryl/α,β-unsaturated/α-hetero) is 1. The van der Waals surface area contributed by atoms with Gasteiger partial charge in [-0.25, -0.2) is 4.98 Å². The Hall–Kier alpha value is -1.98. The fourth-order valence-corrected chi connectivity index (χ4v) is 2.39. The van der Waals surface area contributed by atoms with E-state index in [2.05, 4.69) is 15.1 Å². The molecular formula is C13H15N3O3. The lowest BCUT2D eigenvalue weighted by Gasteiger charge is -2.18. The van der Waals surface area contributed by atoms with E-state index < -0.39 is 0 Å². The number of aromatic nitrogens is 3. The molecule has 1 aliphatic rings. The highest BCUT2D eigenvalue weighted by Gasteiger charge is 2.25. The van der Waals surface area contributed by atoms with Crippen molar-refractivity contribution in [3.63, 3.8) is 0 Å². The summed E-state index contributed by atoms with van der Waals surface area (Å²) in [4.78, 5) is 20.2. The normalized spacial score (nSPS) is 19.8. The molecule has 19 heavy (non-hydrogen) atoms. The van der Waals surface area contributed by atoms with Gasteiger partial charge in [0, 0.05) is 25.7 Å². The number of aryl methyl sites for hydroxylation is 1. The lowest BCUT2D eigenvalue weighted by Crippen LogP contribution is -2.21. The van der Waals surface area contributed by atoms with E-state index in [1.165, 1.54) is 6.26 Å². The SMILES string of the molecule is Cc1nc(-c2noc(CC3CCCCC3=O)n2)co1. The Labute approximate surface area is 110 Å². The third kappa shape index (κ3) is 2.57. The van der Waals surface area contributed by atoms with E-state index in [0.717, 1.165) is 19.3 Å². The average Bonchev–Trinajstić information content (AvgIpc) is 3.01. The predicted molar refractivity (Wildman–Crippen MR) is 65.2 cm³/mol. The van der Waals surface area contributed by atoms with Crippen molar-refractivity contribution >= 4 is 5.78 Å². The summed E-state index contributed by atoms with van der Waals surface area (Å²) in [5.74, 6) is 1.80. The lowest BCUT2D eigenvalue weighted by molar-refractivity contribution is -0.124. The van der Waals surface area contributed by atoms with Gasteiger partial charge in [-0.2, -0.15) is 4.98 Å². The predicted octanol–water partition coefficient (Wildman–Crippen LogP) is 2.33. The van der Waals surface area contributed by atoms with Gasteiger partial charge in [0.15, 0.2) is 5.89 Å². The molecule has 0 aromatic carbocycles. The number of oxazole rings is 1. The molecule has 3 rings (SSSR count). The summed E-state index contributed by atoms with van der Waals surface area (Å²) >= 11 is 0. The Morgan fingerprint density at radius 3 is 3.00 bits per heavy atom. The van der Waals surface area contributed by atoms with Gasteiger partial charge in [-0.1, -0.05) is 11.6 Å². The minimum Gasteiger partial charge on any atom is -0.449 e. The van der Waals surface area contributed by atoms with E-state index in [9.17, 15) is 4.79 Å². The van der Waals surface area contributed by atoms with Crippen LogP contribution in [0.5, 0.6) is 0 Å². The number of hydrogen-bond acceptors (Lipinski definition) is 6. The summed E-state index contributed by atoms with van der Waals surface area (Å²) < 4.78 is 10.3. The zero-order valence-corrected chi connectivity index (χ0v) is 10.8. The van der Waals surface area contributed by atoms with Crippen LogP contribution in [0, 0.1) is 12.8 Å². The molecule has 0 radical (unpaired) electrons. The van der Waals surface area contributed by atoms with Crippen LogP contribution in [-0.2, 0) is 11.2 Å². The van der Waals surface area contributed by atoms with Gasteiger partial charge in [0.25, 0.3) is 0 Å². The van der Waals surface area contributed by atoms with Gasteiger partial charge in [0.2, 0.25) is 11.7 Å². The zero-order chi connectivity index (χ0) is 13.2. The van der Waals surface area contributed by atoms with Crippen molar-refractivity contribution < 1.29 is 13.7 Å². The van der Waals surface area contributed by atoms with Crippen LogP contribution in [-0.4, -0.2) is 20.9 Å². The standard InChI is InChI=1S/C13H15N3O3/c1-8-14-10(7-18-8)13-15-12(19-16-13)6-9-4-2-3-5-11(9)17/h7,9H,2-6H2,1H3. The second-order valence-corrected chi connectivity index (χ2v) is 4.88. The van der Waals surface area contributed by atoms with E-state index in [0.29, 0.717) is 41.9 Å². The smallest absolute Gasteiger partial charge is 0.227 e. The first kappa shape index (κ1) is 12.1. The molecule has 0 amide bonds. The van der Waals surface area contributed by atoms with E-state index in [-0.39, 0.29) is 5.92 Å². The zero-order valence-electron chi connectivity index (χ0n) is 10.8. The Balaban J connectivity index is 1.72. The maximum Gasteiger partial charge on any atom is 0.227 e. The maximum absolute atomic E-state index is 11.8. The Kier molecular flexibility index (Phi) is 3.15. The fraction of sp³-hybridized carbons (Fsp3) is 0.538. The van der Waals surface area contributed by atoms with Crippen molar-refractivity contribution in [1.29, 1.82) is 0 Å². The molecule has 2 heterocycles. The molecule has 1 aliphatic carbocycles. The van der Waals surface area contributed by atoms with Gasteiger partial charge in [-0.15, -0.1) is 0 Å². The molecule has 2 aromatic rings. The van der Waals surface area contributed by atoms with Crippen molar-refractivity contribution in [1.82, 2.24) is 15.1 Å². The minimum absolute atomic E-state index is 0.0288. The van der Waals surface area contributed by atoms with Crippen LogP contribution >= 0.6 is 0 Å². The monoisotopic (exact) mass is 261 g/mol. The van der Waals surface area contributed by atoms with Crippen LogP contribution in [0.2, 0.25) is 0 Å². The Bertz CT molecular complexity index is 587. The second kappa shape index (κ2) is 4.95. The van der Waals surface area contributed by atoms with Gasteiger partial charge >= 0.3 is 0 Å². The Morgan fingerprint density at radius 2 is 2.26 bits per heavy atom. The molecule has 1 fully saturated rings. The summed E-state index contributed by atoms with van der Waals surface area (Å²) in [5.41, 5.74) is 0.558. The number of hydrogen-bond donors (Lipinski definition) is 0. The Morgan fingerprint density at radius 1 is 1.37 bits per heavy atom. The van der Waals surface area contributed by atoms with Crippen LogP contribution in [0.15, 0.2) is 15.2 Å². The molecule has 6 nitrogen and oxygen atoms in total. The number of rotatable bonds is 3. The lowest BCUT2D eigenvalue weighted by atomic mass is 9.86. The van der Waals surface area contributed by atoms with E-state index >= 15 is 0 Å². The molecule has 1 unspecified atom stereocenters. The third-order valence-corrected chi connectivity index (χ3v) is 3.42. The molecule has 0 N–H and O–H groups in total. The summed E-state index contributed by atoms with van der Waals surface area (Å²) in [6, 6.07) is 0. The number of ketones is 1. The van der Waals surface area contributed by atoms with Gasteiger partial charge in [-0.05, 0) is 12.8 Å². The highest BCUT2D eigenvalue weighted by atomic mass is 16.5. The van der Waals surface area contributed by atoms with Crippen LogP contribution < -0.4 is 0 Å². The molecular weight excluding hydrogens is 246 g/mol. The highest BCUT2D eigenvalue weighted by Crippen LogP contribution is 2.24. The summed E-state index contributed by atoms with van der Waals surface area (Å²) in [6.07, 6.45) is 5.72. The first-order valence-electron chi connectivity index (χ1n) is 6.50. The first-order chi connectivity index (χ1) is 9.22. The average molecular weight is 261 g/mol. The van der Waals surface area contributed by atoms with E-state index in [1.807, 2.05) is 0 Å². The van der Waals surface area contributed by atoms with Crippen LogP contribution in [0.4, 0.5) is 0 Å². The highest BCUT2D eigenvalue weighted by molar-refractivity contribution is 5.81. The van der Waals surface area contributed by atoms with Crippen molar-refractivity contribution in [2.45, 2.75) is 39.0 Å². The number of carbonyl (C=O) groups is 1. The molecule has 2 aromatic heterocycles. The van der Waals surface area contributed by atoms with Crippen molar-refractivity contribution in [3.8, 4) is 11.5 Å². The van der Waals surface area contributed by atoms with Gasteiger partial charge in [0.05, 0.1) is 0 Å². The molecule has 0 aliphatic heterocycles. The molecule has 0 saturated heterocycles. The van der Waals surface area contributed by atoms with Crippen LogP contribution in [0.25, 0.3) is 11.5 Å². The second-order valence-electron chi connectivity index (χ2n) is 4.88. The first-order valence-corrected chi connectivity index (χ1v) is 6.50. The van der Waals surface area contributed by atoms with Gasteiger partial charge < -0.3 is 8.94 Å². The molecule has 0 spiro atoms. The minimum atomic E-state index is 0.0288. The molecule has 1 saturated carbocycles. The summed E-state index contributed by atoms with van der Waals surface area (Å²) in [6.45, 7) is 1.76. The largest absolute Gasteiger partial charge is 0.449 e. The number of carbonyl (C=O) groups excluding carboxylic acids is 1. The van der Waals surface area contributed by atoms with E-state index in [4.69, 9.17) is 8.94 Å². The summed E-state index contributed by atoms with van der Waals surface area (Å²) in [7, 11) is 0. The van der Waals surface area contributed by atoms with Crippen LogP contribution in [0.1, 0.15) is 37.5 Å².